The number of benzene rings is 2. The normalized spacial score (nSPS) is 9.95. The summed E-state index contributed by atoms with van der Waals surface area (Å²) in [5.41, 5.74) is 1.83. The van der Waals surface area contributed by atoms with Gasteiger partial charge in [0.1, 0.15) is 0 Å². The van der Waals surface area contributed by atoms with Gasteiger partial charge >= 0.3 is 121 Å². The van der Waals surface area contributed by atoms with E-state index in [0.29, 0.717) is 6.54 Å². The van der Waals surface area contributed by atoms with Gasteiger partial charge in [-0.15, -0.1) is 0 Å². The van der Waals surface area contributed by atoms with Gasteiger partial charge in [-0.25, -0.2) is 0 Å². The van der Waals surface area contributed by atoms with Crippen molar-refractivity contribution in [1.29, 1.82) is 0 Å². The Kier molecular flexibility index (Phi) is 4.67. The number of likely N-dealkylation sites (N-methyl/N-ethyl adjacent to an activating group) is 1. The Bertz CT molecular complexity index is 566. The number of nitrogens with zero attached hydrogens (tertiary/aromatic N) is 1. The Morgan fingerprint density at radius 1 is 0.947 bits per heavy atom. The molecule has 2 aromatic rings. The maximum atomic E-state index is 12.1. The molecule has 0 aliphatic heterocycles. The van der Waals surface area contributed by atoms with Gasteiger partial charge in [-0.05, 0) is 0 Å². The summed E-state index contributed by atoms with van der Waals surface area (Å²) in [7, 11) is 1.92. The number of Topliss-reactive ketones (excluding diaryl/α,β-unsaturated/α-hetero) is 1. The van der Waals surface area contributed by atoms with Crippen molar-refractivity contribution in [3.05, 3.63) is 71.8 Å². The fraction of sp³-hybridized carbons (Fsp3) is 0.125. The molecular formula is C16H15NOSe. The molecule has 0 fully saturated rings. The molecule has 0 spiro atoms. The summed E-state index contributed by atoms with van der Waals surface area (Å²) in [6.07, 6.45) is 0. The molecule has 0 aliphatic rings. The predicted octanol–water partition coefficient (Wildman–Crippen LogP) is 2.15. The van der Waals surface area contributed by atoms with E-state index in [0.717, 1.165) is 15.7 Å². The van der Waals surface area contributed by atoms with Gasteiger partial charge in [0.2, 0.25) is 0 Å². The molecule has 0 amide bonds. The standard InChI is InChI=1S/C16H15NOSe/c1-17(16(19)14-10-6-3-7-11-14)12-15(18)13-8-4-2-5-9-13/h2-11H,12H2,1H3. The zero-order valence-electron chi connectivity index (χ0n) is 10.7. The van der Waals surface area contributed by atoms with Crippen LogP contribution in [0.15, 0.2) is 60.7 Å². The van der Waals surface area contributed by atoms with Crippen LogP contribution in [0.5, 0.6) is 0 Å². The van der Waals surface area contributed by atoms with Gasteiger partial charge in [0.25, 0.3) is 0 Å². The summed E-state index contributed by atoms with van der Waals surface area (Å²) in [6.45, 7) is 0.362. The van der Waals surface area contributed by atoms with Crippen LogP contribution in [0.4, 0.5) is 0 Å². The molecule has 96 valence electrons. The molecule has 2 aromatic carbocycles. The van der Waals surface area contributed by atoms with Crippen molar-refractivity contribution in [2.45, 2.75) is 0 Å². The van der Waals surface area contributed by atoms with Crippen molar-refractivity contribution in [1.82, 2.24) is 4.90 Å². The average molecular weight is 316 g/mol. The van der Waals surface area contributed by atoms with Crippen molar-refractivity contribution in [3.8, 4) is 0 Å². The van der Waals surface area contributed by atoms with Crippen LogP contribution in [0.3, 0.4) is 0 Å². The maximum absolute atomic E-state index is 12.1. The Hall–Kier alpha value is -1.70. The third-order valence-electron chi connectivity index (χ3n) is 2.84. The van der Waals surface area contributed by atoms with Gasteiger partial charge < -0.3 is 0 Å². The predicted molar refractivity (Wildman–Crippen MR) is 79.7 cm³/mol. The van der Waals surface area contributed by atoms with Gasteiger partial charge in [-0.1, -0.05) is 0 Å². The molecule has 0 saturated carbocycles. The molecule has 0 heterocycles. The van der Waals surface area contributed by atoms with Gasteiger partial charge in [0, 0.05) is 0 Å². The third kappa shape index (κ3) is 3.63. The van der Waals surface area contributed by atoms with E-state index < -0.39 is 0 Å². The molecular weight excluding hydrogens is 301 g/mol. The Balaban J connectivity index is 2.04. The Labute approximate surface area is 121 Å². The molecule has 0 unspecified atom stereocenters. The summed E-state index contributed by atoms with van der Waals surface area (Å²) in [5, 5.41) is 0. The van der Waals surface area contributed by atoms with E-state index in [1.54, 1.807) is 0 Å². The number of carbonyl (C=O) groups is 1. The second-order valence-corrected chi connectivity index (χ2v) is 5.13. The van der Waals surface area contributed by atoms with Crippen LogP contribution >= 0.6 is 0 Å². The van der Waals surface area contributed by atoms with Crippen LogP contribution in [-0.4, -0.2) is 44.4 Å². The number of rotatable bonds is 5. The topological polar surface area (TPSA) is 20.3 Å². The average Bonchev–Trinajstić information content (AvgIpc) is 2.48. The van der Waals surface area contributed by atoms with Gasteiger partial charge in [0.05, 0.1) is 0 Å². The first kappa shape index (κ1) is 13.7. The van der Waals surface area contributed by atoms with E-state index >= 15 is 0 Å². The van der Waals surface area contributed by atoms with Crippen molar-refractivity contribution < 1.29 is 4.79 Å². The molecule has 0 aliphatic carbocycles. The van der Waals surface area contributed by atoms with Gasteiger partial charge in [-0.3, -0.25) is 0 Å². The summed E-state index contributed by atoms with van der Waals surface area (Å²) in [5.74, 6) is 0.117. The molecule has 0 N–H and O–H groups in total. The fourth-order valence-electron chi connectivity index (χ4n) is 1.80. The molecule has 2 rings (SSSR count). The summed E-state index contributed by atoms with van der Waals surface area (Å²) >= 11 is 3.04. The van der Waals surface area contributed by atoms with Crippen LogP contribution in [0.2, 0.25) is 0 Å². The van der Waals surface area contributed by atoms with E-state index in [4.69, 9.17) is 0 Å². The molecule has 19 heavy (non-hydrogen) atoms. The minimum atomic E-state index is 0.117. The van der Waals surface area contributed by atoms with Crippen LogP contribution in [0, 0.1) is 0 Å². The molecule has 0 aromatic heterocycles. The first-order chi connectivity index (χ1) is 9.18. The summed E-state index contributed by atoms with van der Waals surface area (Å²) in [4.78, 5) is 14.1. The second kappa shape index (κ2) is 6.46. The zero-order chi connectivity index (χ0) is 13.7. The quantitative estimate of drug-likeness (QED) is 0.622. The zero-order valence-corrected chi connectivity index (χ0v) is 12.5. The van der Waals surface area contributed by atoms with E-state index in [-0.39, 0.29) is 5.78 Å². The van der Waals surface area contributed by atoms with E-state index in [2.05, 4.69) is 15.6 Å². The Morgan fingerprint density at radius 2 is 1.42 bits per heavy atom. The summed E-state index contributed by atoms with van der Waals surface area (Å²) in [6, 6.07) is 19.4. The van der Waals surface area contributed by atoms with Crippen LogP contribution in [-0.2, 0) is 0 Å². The molecule has 0 radical (unpaired) electrons. The first-order valence-electron chi connectivity index (χ1n) is 6.07. The second-order valence-electron chi connectivity index (χ2n) is 4.32. The number of hydrogen-bond acceptors (Lipinski definition) is 2. The van der Waals surface area contributed by atoms with E-state index in [1.165, 1.54) is 0 Å². The number of hydrogen-bond donors (Lipinski definition) is 0. The number of carbonyl (C=O) groups excluding carboxylic acids is 1. The van der Waals surface area contributed by atoms with Gasteiger partial charge in [0.15, 0.2) is 0 Å². The van der Waals surface area contributed by atoms with Gasteiger partial charge in [-0.2, -0.15) is 0 Å². The van der Waals surface area contributed by atoms with Crippen LogP contribution < -0.4 is 0 Å². The van der Waals surface area contributed by atoms with Crippen molar-refractivity contribution in [2.24, 2.45) is 0 Å². The van der Waals surface area contributed by atoms with Crippen molar-refractivity contribution in [3.63, 3.8) is 0 Å². The Morgan fingerprint density at radius 3 is 1.95 bits per heavy atom. The van der Waals surface area contributed by atoms with E-state index in [9.17, 15) is 4.79 Å². The molecule has 0 saturated heterocycles. The minimum absolute atomic E-state index is 0.117. The van der Waals surface area contributed by atoms with Crippen LogP contribution in [0.1, 0.15) is 15.9 Å². The monoisotopic (exact) mass is 317 g/mol. The molecule has 0 bridgehead atoms. The fourth-order valence-corrected chi connectivity index (χ4v) is 2.22. The first-order valence-corrected chi connectivity index (χ1v) is 6.93. The van der Waals surface area contributed by atoms with Crippen LogP contribution in [0.25, 0.3) is 0 Å². The van der Waals surface area contributed by atoms with Crippen molar-refractivity contribution in [2.75, 3.05) is 13.6 Å². The third-order valence-corrected chi connectivity index (χ3v) is 3.99. The number of ketones is 1. The van der Waals surface area contributed by atoms with Crippen molar-refractivity contribution >= 4 is 25.9 Å². The summed E-state index contributed by atoms with van der Waals surface area (Å²) < 4.78 is 0.977. The molecule has 2 nitrogen and oxygen atoms in total. The molecule has 3 heteroatoms. The molecule has 0 atom stereocenters. The SMILES string of the molecule is CN(CC(=O)c1ccccc1)C(=[Se])c1ccccc1. The van der Waals surface area contributed by atoms with E-state index in [1.807, 2.05) is 72.6 Å².